The van der Waals surface area contributed by atoms with E-state index in [9.17, 15) is 4.79 Å². The van der Waals surface area contributed by atoms with Crippen LogP contribution in [0.3, 0.4) is 0 Å². The number of hydrogen-bond acceptors (Lipinski definition) is 4. The summed E-state index contributed by atoms with van der Waals surface area (Å²) in [6, 6.07) is 10.9. The van der Waals surface area contributed by atoms with E-state index in [2.05, 4.69) is 15.3 Å². The number of hydrogen-bond donors (Lipinski definition) is 1. The zero-order valence-corrected chi connectivity index (χ0v) is 16.3. The third-order valence-electron chi connectivity index (χ3n) is 4.65. The second-order valence-corrected chi connectivity index (χ2v) is 7.08. The Morgan fingerprint density at radius 3 is 2.79 bits per heavy atom. The summed E-state index contributed by atoms with van der Waals surface area (Å²) in [5, 5.41) is 3.53. The van der Waals surface area contributed by atoms with Gasteiger partial charge >= 0.3 is 6.03 Å². The molecular formula is C21H19ClN4O2. The van der Waals surface area contributed by atoms with Crippen molar-refractivity contribution in [2.24, 2.45) is 0 Å². The Bertz CT molecular complexity index is 1040. The van der Waals surface area contributed by atoms with Crippen molar-refractivity contribution in [1.29, 1.82) is 0 Å². The number of aryl methyl sites for hydroxylation is 2. The Labute approximate surface area is 168 Å². The summed E-state index contributed by atoms with van der Waals surface area (Å²) < 4.78 is 5.68. The van der Waals surface area contributed by atoms with Crippen LogP contribution in [0.2, 0.25) is 5.02 Å². The van der Waals surface area contributed by atoms with Crippen LogP contribution in [0.15, 0.2) is 48.8 Å². The molecule has 0 atom stereocenters. The van der Waals surface area contributed by atoms with Crippen molar-refractivity contribution in [3.05, 3.63) is 70.5 Å². The van der Waals surface area contributed by atoms with Crippen LogP contribution >= 0.6 is 11.6 Å². The molecule has 142 valence electrons. The summed E-state index contributed by atoms with van der Waals surface area (Å²) in [5.41, 5.74) is 4.51. The first-order chi connectivity index (χ1) is 13.5. The van der Waals surface area contributed by atoms with Gasteiger partial charge in [0.15, 0.2) is 0 Å². The van der Waals surface area contributed by atoms with Gasteiger partial charge in [0.05, 0.1) is 17.6 Å². The number of aromatic nitrogens is 2. The summed E-state index contributed by atoms with van der Waals surface area (Å²) in [6.07, 6.45) is 4.04. The van der Waals surface area contributed by atoms with Gasteiger partial charge in [0.25, 0.3) is 0 Å². The maximum Gasteiger partial charge on any atom is 0.326 e. The minimum Gasteiger partial charge on any atom is -0.420 e. The fourth-order valence-electron chi connectivity index (χ4n) is 3.13. The van der Waals surface area contributed by atoms with Crippen molar-refractivity contribution in [2.45, 2.75) is 20.3 Å². The molecule has 0 saturated carbocycles. The van der Waals surface area contributed by atoms with E-state index < -0.39 is 0 Å². The number of ether oxygens (including phenoxy) is 1. The Morgan fingerprint density at radius 2 is 2.04 bits per heavy atom. The highest BCUT2D eigenvalue weighted by molar-refractivity contribution is 6.31. The van der Waals surface area contributed by atoms with Gasteiger partial charge in [-0.25, -0.2) is 14.8 Å². The van der Waals surface area contributed by atoms with Crippen molar-refractivity contribution >= 4 is 29.0 Å². The summed E-state index contributed by atoms with van der Waals surface area (Å²) >= 11 is 6.23. The number of halogens is 1. The number of amides is 2. The lowest BCUT2D eigenvalue weighted by Crippen LogP contribution is -2.33. The van der Waals surface area contributed by atoms with Crippen LogP contribution in [0.1, 0.15) is 16.7 Å². The minimum absolute atomic E-state index is 0.213. The third kappa shape index (κ3) is 3.64. The maximum atomic E-state index is 12.7. The lowest BCUT2D eigenvalue weighted by Gasteiger charge is -2.18. The number of pyridine rings is 2. The van der Waals surface area contributed by atoms with Crippen LogP contribution < -0.4 is 15.0 Å². The van der Waals surface area contributed by atoms with Gasteiger partial charge in [-0.05, 0) is 49.6 Å². The lowest BCUT2D eigenvalue weighted by atomic mass is 10.1. The van der Waals surface area contributed by atoms with E-state index in [1.807, 2.05) is 38.1 Å². The van der Waals surface area contributed by atoms with Crippen molar-refractivity contribution in [1.82, 2.24) is 9.97 Å². The highest BCUT2D eigenvalue weighted by Gasteiger charge is 2.25. The number of urea groups is 1. The molecule has 0 unspecified atom stereocenters. The predicted molar refractivity (Wildman–Crippen MR) is 110 cm³/mol. The summed E-state index contributed by atoms with van der Waals surface area (Å²) in [7, 11) is 0. The van der Waals surface area contributed by atoms with E-state index in [1.54, 1.807) is 29.4 Å². The number of benzene rings is 1. The number of rotatable bonds is 3. The number of anilines is 2. The minimum atomic E-state index is -0.213. The SMILES string of the molecule is Cc1cc2c(cc1Cl)N(C(=O)Nc1ccc(Oc3ncccc3C)nc1)CC2. The highest BCUT2D eigenvalue weighted by Crippen LogP contribution is 2.33. The smallest absolute Gasteiger partial charge is 0.326 e. The number of nitrogens with zero attached hydrogens (tertiary/aromatic N) is 3. The van der Waals surface area contributed by atoms with Crippen LogP contribution in [0.25, 0.3) is 0 Å². The molecule has 1 aliphatic heterocycles. The van der Waals surface area contributed by atoms with Crippen LogP contribution in [0.4, 0.5) is 16.2 Å². The zero-order valence-electron chi connectivity index (χ0n) is 15.6. The Morgan fingerprint density at radius 1 is 1.18 bits per heavy atom. The quantitative estimate of drug-likeness (QED) is 0.668. The number of fused-ring (bicyclic) bond motifs is 1. The second kappa shape index (κ2) is 7.48. The molecule has 28 heavy (non-hydrogen) atoms. The summed E-state index contributed by atoms with van der Waals surface area (Å²) in [6.45, 7) is 4.50. The average molecular weight is 395 g/mol. The molecule has 1 aromatic carbocycles. The monoisotopic (exact) mass is 394 g/mol. The number of carbonyl (C=O) groups excluding carboxylic acids is 1. The number of nitrogens with one attached hydrogen (secondary N) is 1. The van der Waals surface area contributed by atoms with Gasteiger partial charge in [0, 0.05) is 29.4 Å². The Kier molecular flexibility index (Phi) is 4.88. The summed E-state index contributed by atoms with van der Waals surface area (Å²) in [4.78, 5) is 22.8. The van der Waals surface area contributed by atoms with Crippen LogP contribution in [0.5, 0.6) is 11.8 Å². The molecule has 0 spiro atoms. The van der Waals surface area contributed by atoms with E-state index in [-0.39, 0.29) is 6.03 Å². The molecule has 2 aromatic heterocycles. The molecule has 1 aliphatic rings. The Balaban J connectivity index is 1.45. The van der Waals surface area contributed by atoms with Crippen molar-refractivity contribution in [3.8, 4) is 11.8 Å². The van der Waals surface area contributed by atoms with Gasteiger partial charge in [-0.2, -0.15) is 0 Å². The molecular weight excluding hydrogens is 376 g/mol. The van der Waals surface area contributed by atoms with E-state index in [0.29, 0.717) is 29.0 Å². The third-order valence-corrected chi connectivity index (χ3v) is 5.06. The van der Waals surface area contributed by atoms with Gasteiger partial charge < -0.3 is 10.1 Å². The van der Waals surface area contributed by atoms with Gasteiger partial charge in [0.2, 0.25) is 11.8 Å². The molecule has 0 saturated heterocycles. The molecule has 0 radical (unpaired) electrons. The standard InChI is InChI=1S/C21H19ClN4O2/c1-13-4-3-8-23-20(13)28-19-6-5-16(12-24-19)25-21(27)26-9-7-15-10-14(2)17(22)11-18(15)26/h3-6,8,10-12H,7,9H2,1-2H3,(H,25,27). The Hall–Kier alpha value is -3.12. The van der Waals surface area contributed by atoms with Crippen LogP contribution in [0, 0.1) is 13.8 Å². The molecule has 1 N–H and O–H groups in total. The highest BCUT2D eigenvalue weighted by atomic mass is 35.5. The predicted octanol–water partition coefficient (Wildman–Crippen LogP) is 5.13. The first-order valence-electron chi connectivity index (χ1n) is 8.94. The summed E-state index contributed by atoms with van der Waals surface area (Å²) in [5.74, 6) is 0.918. The van der Waals surface area contributed by atoms with E-state index in [1.165, 1.54) is 0 Å². The van der Waals surface area contributed by atoms with Crippen molar-refractivity contribution < 1.29 is 9.53 Å². The largest absolute Gasteiger partial charge is 0.420 e. The first-order valence-corrected chi connectivity index (χ1v) is 9.32. The van der Waals surface area contributed by atoms with Gasteiger partial charge in [-0.15, -0.1) is 0 Å². The number of carbonyl (C=O) groups is 1. The molecule has 0 fully saturated rings. The van der Waals surface area contributed by atoms with E-state index >= 15 is 0 Å². The average Bonchev–Trinajstić information content (AvgIpc) is 3.08. The lowest BCUT2D eigenvalue weighted by molar-refractivity contribution is 0.257. The fraction of sp³-hybridized carbons (Fsp3) is 0.190. The maximum absolute atomic E-state index is 12.7. The topological polar surface area (TPSA) is 67.4 Å². The molecule has 0 aliphatic carbocycles. The molecule has 3 aromatic rings. The molecule has 2 amide bonds. The van der Waals surface area contributed by atoms with Gasteiger partial charge in [0.1, 0.15) is 0 Å². The van der Waals surface area contributed by atoms with Gasteiger partial charge in [-0.3, -0.25) is 4.90 Å². The van der Waals surface area contributed by atoms with Crippen molar-refractivity contribution in [3.63, 3.8) is 0 Å². The fourth-order valence-corrected chi connectivity index (χ4v) is 3.29. The normalized spacial score (nSPS) is 12.6. The molecule has 0 bridgehead atoms. The molecule has 4 rings (SSSR count). The zero-order chi connectivity index (χ0) is 19.7. The molecule has 6 nitrogen and oxygen atoms in total. The second-order valence-electron chi connectivity index (χ2n) is 6.67. The first kappa shape index (κ1) is 18.3. The molecule has 3 heterocycles. The van der Waals surface area contributed by atoms with Crippen LogP contribution in [-0.2, 0) is 6.42 Å². The van der Waals surface area contributed by atoms with E-state index in [4.69, 9.17) is 16.3 Å². The molecule has 7 heteroatoms. The van der Waals surface area contributed by atoms with E-state index in [0.717, 1.165) is 28.8 Å². The van der Waals surface area contributed by atoms with Crippen molar-refractivity contribution in [2.75, 3.05) is 16.8 Å². The van der Waals surface area contributed by atoms with Crippen LogP contribution in [-0.4, -0.2) is 22.5 Å². The van der Waals surface area contributed by atoms with Gasteiger partial charge in [-0.1, -0.05) is 23.7 Å².